The summed E-state index contributed by atoms with van der Waals surface area (Å²) in [6, 6.07) is 5.97. The summed E-state index contributed by atoms with van der Waals surface area (Å²) >= 11 is 0. The number of ether oxygens (including phenoxy) is 5. The van der Waals surface area contributed by atoms with Gasteiger partial charge >= 0.3 is 0 Å². The molecule has 0 saturated carbocycles. The Bertz CT molecular complexity index is 1280. The Morgan fingerprint density at radius 3 is 2.27 bits per heavy atom. The van der Waals surface area contributed by atoms with E-state index in [1.54, 1.807) is 26.0 Å². The lowest BCUT2D eigenvalue weighted by molar-refractivity contribution is -0.908. The van der Waals surface area contributed by atoms with Crippen molar-refractivity contribution < 1.29 is 47.7 Å². The number of hydrogen-bond acceptors (Lipinski definition) is 8. The molecule has 1 atom stereocenters. The van der Waals surface area contributed by atoms with E-state index < -0.39 is 29.3 Å². The van der Waals surface area contributed by atoms with Gasteiger partial charge in [0.1, 0.15) is 13.1 Å². The van der Waals surface area contributed by atoms with Crippen molar-refractivity contribution in [1.29, 1.82) is 0 Å². The van der Waals surface area contributed by atoms with E-state index in [9.17, 15) is 19.1 Å². The first-order chi connectivity index (χ1) is 19.7. The molecule has 222 valence electrons. The summed E-state index contributed by atoms with van der Waals surface area (Å²) in [6.07, 6.45) is 0.332. The Morgan fingerprint density at radius 2 is 1.71 bits per heavy atom. The fourth-order valence-electron chi connectivity index (χ4n) is 5.26. The Kier molecular flexibility index (Phi) is 9.72. The standard InChI is InChI=1S/C30H37FN2O8/c1-18(2)41-22-8-7-19(15-21(22)31)27(34)25-26(20-16-23(37-3)29(39-5)24(17-20)38-4)33(30(36)28(25)35)10-6-9-32-11-13-40-14-12-32/h7-8,15-18,26,34H,6,9-14H2,1-5H3/b27-25+. The van der Waals surface area contributed by atoms with E-state index in [0.717, 1.165) is 25.7 Å². The minimum absolute atomic E-state index is 0.0104. The highest BCUT2D eigenvalue weighted by atomic mass is 19.1. The number of likely N-dealkylation sites (tertiary alicyclic amines) is 1. The van der Waals surface area contributed by atoms with Crippen molar-refractivity contribution in [1.82, 2.24) is 4.90 Å². The third-order valence-electron chi connectivity index (χ3n) is 7.22. The second-order valence-electron chi connectivity index (χ2n) is 10.2. The lowest BCUT2D eigenvalue weighted by atomic mass is 9.94. The maximum Gasteiger partial charge on any atom is 0.295 e. The molecule has 2 aliphatic heterocycles. The minimum Gasteiger partial charge on any atom is -0.872 e. The van der Waals surface area contributed by atoms with Crippen molar-refractivity contribution in [2.75, 3.05) is 60.7 Å². The number of rotatable bonds is 11. The van der Waals surface area contributed by atoms with Crippen LogP contribution in [0.4, 0.5) is 4.39 Å². The first-order valence-corrected chi connectivity index (χ1v) is 13.6. The summed E-state index contributed by atoms with van der Waals surface area (Å²) in [4.78, 5) is 29.6. The molecule has 2 fully saturated rings. The molecule has 0 spiro atoms. The van der Waals surface area contributed by atoms with Gasteiger partial charge in [-0.1, -0.05) is 11.8 Å². The Hall–Kier alpha value is -3.83. The van der Waals surface area contributed by atoms with Crippen LogP contribution in [0.25, 0.3) is 5.76 Å². The number of Topliss-reactive ketones (excluding diaryl/α,β-unsaturated/α-hetero) is 1. The maximum absolute atomic E-state index is 14.8. The quantitative estimate of drug-likeness (QED) is 0.243. The van der Waals surface area contributed by atoms with Gasteiger partial charge in [-0.3, -0.25) is 9.59 Å². The van der Waals surface area contributed by atoms with Gasteiger partial charge in [-0.05, 0) is 49.2 Å². The van der Waals surface area contributed by atoms with E-state index >= 15 is 0 Å². The van der Waals surface area contributed by atoms with Crippen LogP contribution in [0.15, 0.2) is 35.9 Å². The van der Waals surface area contributed by atoms with Gasteiger partial charge in [0.25, 0.3) is 5.91 Å². The Morgan fingerprint density at radius 1 is 1.05 bits per heavy atom. The lowest BCUT2D eigenvalue weighted by Gasteiger charge is -2.29. The number of carbonyl (C=O) groups excluding carboxylic acids is 2. The molecular weight excluding hydrogens is 535 g/mol. The topological polar surface area (TPSA) is 111 Å². The number of nitrogens with one attached hydrogen (secondary N) is 1. The van der Waals surface area contributed by atoms with Gasteiger partial charge in [-0.25, -0.2) is 4.39 Å². The van der Waals surface area contributed by atoms with Crippen LogP contribution in [-0.4, -0.2) is 83.4 Å². The van der Waals surface area contributed by atoms with Crippen molar-refractivity contribution in [3.8, 4) is 23.0 Å². The number of hydrogen-bond donors (Lipinski definition) is 1. The molecule has 1 amide bonds. The number of morpholine rings is 1. The van der Waals surface area contributed by atoms with Gasteiger partial charge in [-0.2, -0.15) is 0 Å². The van der Waals surface area contributed by atoms with E-state index in [4.69, 9.17) is 23.7 Å². The zero-order valence-electron chi connectivity index (χ0n) is 24.1. The third kappa shape index (κ3) is 6.41. The minimum atomic E-state index is -1.04. The number of benzene rings is 2. The van der Waals surface area contributed by atoms with E-state index in [1.165, 1.54) is 43.3 Å². The second-order valence-corrected chi connectivity index (χ2v) is 10.2. The van der Waals surface area contributed by atoms with E-state index in [-0.39, 0.29) is 29.5 Å². The SMILES string of the molecule is COc1cc(C2/C(=C(\[O-])c3ccc(OC(C)C)c(F)c3)C(=O)C(=O)N2CCC[NH+]2CCOCC2)cc(OC)c1OC. The lowest BCUT2D eigenvalue weighted by Crippen LogP contribution is -3.14. The molecule has 2 aromatic carbocycles. The fourth-order valence-corrected chi connectivity index (χ4v) is 5.26. The molecule has 11 heteroatoms. The average molecular weight is 573 g/mol. The van der Waals surface area contributed by atoms with Gasteiger partial charge in [0.15, 0.2) is 23.1 Å². The smallest absolute Gasteiger partial charge is 0.295 e. The number of carbonyl (C=O) groups is 2. The molecule has 0 bridgehead atoms. The highest BCUT2D eigenvalue weighted by Gasteiger charge is 2.44. The zero-order chi connectivity index (χ0) is 29.7. The highest BCUT2D eigenvalue weighted by molar-refractivity contribution is 6.46. The largest absolute Gasteiger partial charge is 0.872 e. The van der Waals surface area contributed by atoms with E-state index in [1.807, 2.05) is 0 Å². The van der Waals surface area contributed by atoms with Crippen molar-refractivity contribution in [3.05, 3.63) is 52.8 Å². The zero-order valence-corrected chi connectivity index (χ0v) is 24.1. The molecule has 1 N–H and O–H groups in total. The molecule has 10 nitrogen and oxygen atoms in total. The Labute approximate surface area is 239 Å². The van der Waals surface area contributed by atoms with E-state index in [0.29, 0.717) is 42.4 Å². The van der Waals surface area contributed by atoms with E-state index in [2.05, 4.69) is 0 Å². The number of amides is 1. The molecule has 2 aliphatic rings. The third-order valence-corrected chi connectivity index (χ3v) is 7.22. The summed E-state index contributed by atoms with van der Waals surface area (Å²) in [5, 5.41) is 13.8. The summed E-state index contributed by atoms with van der Waals surface area (Å²) in [7, 11) is 4.37. The highest BCUT2D eigenvalue weighted by Crippen LogP contribution is 2.45. The molecule has 2 aromatic rings. The molecule has 4 rings (SSSR count). The van der Waals surface area contributed by atoms with Crippen LogP contribution in [0.2, 0.25) is 0 Å². The monoisotopic (exact) mass is 572 g/mol. The van der Waals surface area contributed by atoms with Crippen molar-refractivity contribution in [2.24, 2.45) is 0 Å². The molecule has 1 unspecified atom stereocenters. The maximum atomic E-state index is 14.8. The molecule has 0 aliphatic carbocycles. The summed E-state index contributed by atoms with van der Waals surface area (Å²) in [5.74, 6) is -2.26. The van der Waals surface area contributed by atoms with Crippen LogP contribution < -0.4 is 29.0 Å². The second kappa shape index (κ2) is 13.2. The number of quaternary nitrogens is 1. The number of methoxy groups -OCH3 is 3. The predicted octanol–water partition coefficient (Wildman–Crippen LogP) is 1.17. The van der Waals surface area contributed by atoms with Gasteiger partial charge < -0.3 is 38.6 Å². The van der Waals surface area contributed by atoms with Crippen LogP contribution in [0.3, 0.4) is 0 Å². The predicted molar refractivity (Wildman–Crippen MR) is 146 cm³/mol. The fraction of sp³-hybridized carbons (Fsp3) is 0.467. The van der Waals surface area contributed by atoms with Crippen LogP contribution in [0.1, 0.15) is 37.4 Å². The molecule has 0 radical (unpaired) electrons. The molecular formula is C30H37FN2O8. The molecule has 2 heterocycles. The van der Waals surface area contributed by atoms with Gasteiger partial charge in [-0.15, -0.1) is 0 Å². The molecule has 2 saturated heterocycles. The summed E-state index contributed by atoms with van der Waals surface area (Å²) in [5.41, 5.74) is 0.104. The van der Waals surface area contributed by atoms with Crippen LogP contribution in [-0.2, 0) is 14.3 Å². The first kappa shape index (κ1) is 30.1. The average Bonchev–Trinajstić information content (AvgIpc) is 3.22. The Balaban J connectivity index is 1.79. The van der Waals surface area contributed by atoms with Crippen molar-refractivity contribution in [2.45, 2.75) is 32.4 Å². The molecule has 41 heavy (non-hydrogen) atoms. The summed E-state index contributed by atoms with van der Waals surface area (Å²) < 4.78 is 42.2. The molecule has 0 aromatic heterocycles. The summed E-state index contributed by atoms with van der Waals surface area (Å²) in [6.45, 7) is 7.60. The first-order valence-electron chi connectivity index (χ1n) is 13.6. The van der Waals surface area contributed by atoms with Crippen molar-refractivity contribution in [3.63, 3.8) is 0 Å². The van der Waals surface area contributed by atoms with Crippen LogP contribution in [0, 0.1) is 5.82 Å². The van der Waals surface area contributed by atoms with Crippen LogP contribution >= 0.6 is 0 Å². The van der Waals surface area contributed by atoms with Crippen LogP contribution in [0.5, 0.6) is 23.0 Å². The van der Waals surface area contributed by atoms with Gasteiger partial charge in [0.2, 0.25) is 11.5 Å². The number of halogens is 1. The van der Waals surface area contributed by atoms with Gasteiger partial charge in [0.05, 0.1) is 53.2 Å². The number of ketones is 1. The normalized spacial score (nSPS) is 19.1. The van der Waals surface area contributed by atoms with Gasteiger partial charge in [0, 0.05) is 18.5 Å². The number of nitrogens with zero attached hydrogens (tertiary/aromatic N) is 1. The van der Waals surface area contributed by atoms with Crippen molar-refractivity contribution >= 4 is 17.4 Å².